The molecular formula is C19H21ClN6O. The number of fused-ring (bicyclic) bond motifs is 1. The van der Waals surface area contributed by atoms with Crippen LogP contribution in [0.3, 0.4) is 0 Å². The van der Waals surface area contributed by atoms with Crippen molar-refractivity contribution in [2.24, 2.45) is 0 Å². The third-order valence-corrected chi connectivity index (χ3v) is 5.05. The van der Waals surface area contributed by atoms with Crippen molar-refractivity contribution in [3.63, 3.8) is 0 Å². The van der Waals surface area contributed by atoms with Gasteiger partial charge in [0.1, 0.15) is 12.1 Å². The van der Waals surface area contributed by atoms with Crippen LogP contribution in [0.2, 0.25) is 5.02 Å². The van der Waals surface area contributed by atoms with Crippen molar-refractivity contribution < 1.29 is 4.79 Å². The molecule has 8 heteroatoms. The standard InChI is InChI=1S/C19H21ClN6O/c1-2-4-16-12-17(22-19-23-21-13-26(16)19)24-7-9-25(10-8-24)18(27)14-5-3-6-15(20)11-14/h3,5-6,11-13H,2,4,7-10H2,1H3. The Morgan fingerprint density at radius 2 is 2.00 bits per heavy atom. The van der Waals surface area contributed by atoms with E-state index in [1.165, 1.54) is 0 Å². The van der Waals surface area contributed by atoms with Gasteiger partial charge in [-0.2, -0.15) is 4.98 Å². The predicted octanol–water partition coefficient (Wildman–Crippen LogP) is 2.69. The number of benzene rings is 1. The predicted molar refractivity (Wildman–Crippen MR) is 104 cm³/mol. The highest BCUT2D eigenvalue weighted by molar-refractivity contribution is 6.30. The topological polar surface area (TPSA) is 66.6 Å². The van der Waals surface area contributed by atoms with Crippen molar-refractivity contribution in [3.8, 4) is 0 Å². The lowest BCUT2D eigenvalue weighted by Gasteiger charge is -2.35. The lowest BCUT2D eigenvalue weighted by atomic mass is 10.2. The van der Waals surface area contributed by atoms with Crippen LogP contribution in [-0.4, -0.2) is 56.6 Å². The van der Waals surface area contributed by atoms with E-state index in [4.69, 9.17) is 11.6 Å². The zero-order valence-corrected chi connectivity index (χ0v) is 15.9. The molecule has 2 aromatic heterocycles. The number of halogens is 1. The molecule has 0 aliphatic carbocycles. The Morgan fingerprint density at radius 3 is 2.74 bits per heavy atom. The highest BCUT2D eigenvalue weighted by Gasteiger charge is 2.23. The smallest absolute Gasteiger partial charge is 0.256 e. The molecule has 0 bridgehead atoms. The van der Waals surface area contributed by atoms with E-state index in [-0.39, 0.29) is 5.91 Å². The van der Waals surface area contributed by atoms with Gasteiger partial charge in [0.05, 0.1) is 0 Å². The molecule has 1 saturated heterocycles. The molecule has 1 amide bonds. The monoisotopic (exact) mass is 384 g/mol. The first kappa shape index (κ1) is 17.7. The molecule has 140 valence electrons. The third-order valence-electron chi connectivity index (χ3n) is 4.82. The molecule has 0 N–H and O–H groups in total. The average Bonchev–Trinajstić information content (AvgIpc) is 3.17. The number of nitrogens with zero attached hydrogens (tertiary/aromatic N) is 6. The number of carbonyl (C=O) groups is 1. The minimum Gasteiger partial charge on any atom is -0.353 e. The largest absolute Gasteiger partial charge is 0.353 e. The van der Waals surface area contributed by atoms with E-state index in [0.717, 1.165) is 37.4 Å². The van der Waals surface area contributed by atoms with Crippen molar-refractivity contribution in [1.29, 1.82) is 0 Å². The van der Waals surface area contributed by atoms with Crippen LogP contribution in [0, 0.1) is 0 Å². The van der Waals surface area contributed by atoms with Crippen LogP contribution in [0.4, 0.5) is 5.82 Å². The number of aryl methyl sites for hydroxylation is 1. The van der Waals surface area contributed by atoms with Gasteiger partial charge in [-0.05, 0) is 24.6 Å². The molecule has 3 heterocycles. The van der Waals surface area contributed by atoms with Gasteiger partial charge in [-0.1, -0.05) is 31.0 Å². The lowest BCUT2D eigenvalue weighted by molar-refractivity contribution is 0.0746. The Kier molecular flexibility index (Phi) is 4.94. The molecule has 0 unspecified atom stereocenters. The first-order valence-corrected chi connectivity index (χ1v) is 9.53. The zero-order chi connectivity index (χ0) is 18.8. The SMILES string of the molecule is CCCc1cc(N2CCN(C(=O)c3cccc(Cl)c3)CC2)nc2nncn12. The summed E-state index contributed by atoms with van der Waals surface area (Å²) >= 11 is 6.01. The Labute approximate surface area is 162 Å². The summed E-state index contributed by atoms with van der Waals surface area (Å²) in [5.74, 6) is 1.53. The Hall–Kier alpha value is -2.67. The van der Waals surface area contributed by atoms with E-state index < -0.39 is 0 Å². The summed E-state index contributed by atoms with van der Waals surface area (Å²) < 4.78 is 1.94. The maximum absolute atomic E-state index is 12.7. The summed E-state index contributed by atoms with van der Waals surface area (Å²) in [5.41, 5.74) is 1.78. The van der Waals surface area contributed by atoms with Crippen LogP contribution in [0.15, 0.2) is 36.7 Å². The van der Waals surface area contributed by atoms with Crippen molar-refractivity contribution >= 4 is 29.1 Å². The molecule has 0 radical (unpaired) electrons. The van der Waals surface area contributed by atoms with Gasteiger partial charge in [-0.15, -0.1) is 10.2 Å². The number of rotatable bonds is 4. The highest BCUT2D eigenvalue weighted by Crippen LogP contribution is 2.19. The minimum absolute atomic E-state index is 0.0182. The number of anilines is 1. The van der Waals surface area contributed by atoms with Crippen molar-refractivity contribution in [3.05, 3.63) is 52.9 Å². The molecule has 1 aromatic carbocycles. The average molecular weight is 385 g/mol. The third kappa shape index (κ3) is 3.60. The van der Waals surface area contributed by atoms with Crippen molar-refractivity contribution in [1.82, 2.24) is 24.5 Å². The fourth-order valence-electron chi connectivity index (χ4n) is 3.41. The van der Waals surface area contributed by atoms with Gasteiger partial charge in [-0.3, -0.25) is 9.20 Å². The molecule has 1 aliphatic heterocycles. The lowest BCUT2D eigenvalue weighted by Crippen LogP contribution is -2.49. The number of hydrogen-bond acceptors (Lipinski definition) is 5. The number of aromatic nitrogens is 4. The quantitative estimate of drug-likeness (QED) is 0.691. The van der Waals surface area contributed by atoms with Gasteiger partial charge in [-0.25, -0.2) is 0 Å². The van der Waals surface area contributed by atoms with Gasteiger partial charge in [0, 0.05) is 48.5 Å². The first-order valence-electron chi connectivity index (χ1n) is 9.15. The van der Waals surface area contributed by atoms with Gasteiger partial charge >= 0.3 is 0 Å². The summed E-state index contributed by atoms with van der Waals surface area (Å²) in [5, 5.41) is 8.66. The first-order chi connectivity index (χ1) is 13.2. The number of amides is 1. The summed E-state index contributed by atoms with van der Waals surface area (Å²) in [6.07, 6.45) is 3.69. The van der Waals surface area contributed by atoms with Crippen LogP contribution < -0.4 is 4.90 Å². The number of piperazine rings is 1. The molecule has 4 rings (SSSR count). The molecule has 1 aliphatic rings. The second-order valence-electron chi connectivity index (χ2n) is 6.65. The fourth-order valence-corrected chi connectivity index (χ4v) is 3.60. The van der Waals surface area contributed by atoms with E-state index >= 15 is 0 Å². The van der Waals surface area contributed by atoms with Crippen LogP contribution >= 0.6 is 11.6 Å². The summed E-state index contributed by atoms with van der Waals surface area (Å²) in [6, 6.07) is 9.20. The van der Waals surface area contributed by atoms with Gasteiger partial charge in [0.2, 0.25) is 0 Å². The summed E-state index contributed by atoms with van der Waals surface area (Å²) in [7, 11) is 0. The molecule has 1 fully saturated rings. The minimum atomic E-state index is 0.0182. The van der Waals surface area contributed by atoms with E-state index in [0.29, 0.717) is 29.5 Å². The maximum Gasteiger partial charge on any atom is 0.256 e. The Morgan fingerprint density at radius 1 is 1.19 bits per heavy atom. The normalized spacial score (nSPS) is 14.7. The van der Waals surface area contributed by atoms with Crippen LogP contribution in [0.5, 0.6) is 0 Å². The Balaban J connectivity index is 1.49. The van der Waals surface area contributed by atoms with Crippen LogP contribution in [-0.2, 0) is 6.42 Å². The highest BCUT2D eigenvalue weighted by atomic mass is 35.5. The molecule has 7 nitrogen and oxygen atoms in total. The summed E-state index contributed by atoms with van der Waals surface area (Å²) in [6.45, 7) is 4.91. The molecule has 0 saturated carbocycles. The zero-order valence-electron chi connectivity index (χ0n) is 15.2. The second-order valence-corrected chi connectivity index (χ2v) is 7.08. The number of carbonyl (C=O) groups excluding carboxylic acids is 1. The maximum atomic E-state index is 12.7. The van der Waals surface area contributed by atoms with Crippen LogP contribution in [0.25, 0.3) is 5.78 Å². The molecule has 0 atom stereocenters. The fraction of sp³-hybridized carbons (Fsp3) is 0.368. The van der Waals surface area contributed by atoms with E-state index in [1.54, 1.807) is 30.6 Å². The number of hydrogen-bond donors (Lipinski definition) is 0. The van der Waals surface area contributed by atoms with Crippen molar-refractivity contribution in [2.75, 3.05) is 31.1 Å². The molecule has 0 spiro atoms. The van der Waals surface area contributed by atoms with Gasteiger partial charge in [0.25, 0.3) is 11.7 Å². The molecule has 3 aromatic rings. The molecular weight excluding hydrogens is 364 g/mol. The molecule has 27 heavy (non-hydrogen) atoms. The van der Waals surface area contributed by atoms with E-state index in [9.17, 15) is 4.79 Å². The van der Waals surface area contributed by atoms with E-state index in [1.807, 2.05) is 9.30 Å². The van der Waals surface area contributed by atoms with Crippen LogP contribution in [0.1, 0.15) is 29.4 Å². The van der Waals surface area contributed by atoms with E-state index in [2.05, 4.69) is 33.1 Å². The summed E-state index contributed by atoms with van der Waals surface area (Å²) in [4.78, 5) is 21.4. The van der Waals surface area contributed by atoms with Gasteiger partial charge in [0.15, 0.2) is 0 Å². The van der Waals surface area contributed by atoms with Crippen molar-refractivity contribution in [2.45, 2.75) is 19.8 Å². The second kappa shape index (κ2) is 7.52. The van der Waals surface area contributed by atoms with Gasteiger partial charge < -0.3 is 9.80 Å². The Bertz CT molecular complexity index is 964.